The Morgan fingerprint density at radius 1 is 0.935 bits per heavy atom. The summed E-state index contributed by atoms with van der Waals surface area (Å²) in [6.45, 7) is 7.22. The summed E-state index contributed by atoms with van der Waals surface area (Å²) < 4.78 is 12.5. The van der Waals surface area contributed by atoms with Crippen LogP contribution in [0, 0.1) is 17.4 Å². The van der Waals surface area contributed by atoms with Crippen molar-refractivity contribution >= 4 is 39.9 Å². The van der Waals surface area contributed by atoms with Crippen molar-refractivity contribution in [1.29, 1.82) is 0 Å². The minimum atomic E-state index is -0.218. The molecule has 3 rings (SSSR count). The van der Waals surface area contributed by atoms with Crippen LogP contribution in [0.4, 0.5) is 11.4 Å². The van der Waals surface area contributed by atoms with Crippen molar-refractivity contribution in [1.82, 2.24) is 0 Å². The first-order valence-electron chi connectivity index (χ1n) is 10.2. The lowest BCUT2D eigenvalue weighted by Gasteiger charge is -2.16. The van der Waals surface area contributed by atoms with Crippen molar-refractivity contribution in [3.8, 4) is 11.5 Å². The van der Waals surface area contributed by atoms with E-state index in [0.717, 1.165) is 20.5 Å². The Morgan fingerprint density at radius 3 is 2.42 bits per heavy atom. The van der Waals surface area contributed by atoms with E-state index in [2.05, 4.69) is 65.3 Å². The fourth-order valence-electron chi connectivity index (χ4n) is 3.04. The van der Waals surface area contributed by atoms with E-state index in [1.54, 1.807) is 0 Å². The Morgan fingerprint density at radius 2 is 1.71 bits per heavy atom. The molecule has 3 aromatic carbocycles. The third-order valence-corrected chi connectivity index (χ3v) is 5.58. The molecule has 0 saturated carbocycles. The number of ether oxygens (including phenoxy) is 2. The number of anilines is 2. The SMILES string of the molecule is CCOc1cc(CNc2ccc(C)c(C)c2)cc(I)c1OCC(=O)Nc1ccccc1. The lowest BCUT2D eigenvalue weighted by molar-refractivity contribution is -0.118. The standard InChI is InChI=1S/C25H27IN2O3/c1-4-30-23-14-19(15-27-21-11-10-17(2)18(3)12-21)13-22(26)25(23)31-16-24(29)28-20-8-6-5-7-9-20/h5-14,27H,4,15-16H2,1-3H3,(H,28,29). The topological polar surface area (TPSA) is 59.6 Å². The maximum atomic E-state index is 12.3. The second-order valence-corrected chi connectivity index (χ2v) is 8.36. The summed E-state index contributed by atoms with van der Waals surface area (Å²) in [5.74, 6) is 1.00. The van der Waals surface area contributed by atoms with Crippen molar-refractivity contribution in [3.63, 3.8) is 0 Å². The Kier molecular flexibility index (Phi) is 8.17. The lowest BCUT2D eigenvalue weighted by Crippen LogP contribution is -2.20. The average Bonchev–Trinajstić information content (AvgIpc) is 2.75. The number of hydrogen-bond donors (Lipinski definition) is 2. The van der Waals surface area contributed by atoms with Crippen LogP contribution in [-0.4, -0.2) is 19.1 Å². The molecule has 2 N–H and O–H groups in total. The number of hydrogen-bond acceptors (Lipinski definition) is 4. The maximum absolute atomic E-state index is 12.3. The second kappa shape index (κ2) is 11.0. The number of carbonyl (C=O) groups is 1. The second-order valence-electron chi connectivity index (χ2n) is 7.19. The van der Waals surface area contributed by atoms with Gasteiger partial charge >= 0.3 is 0 Å². The Balaban J connectivity index is 1.67. The summed E-state index contributed by atoms with van der Waals surface area (Å²) in [4.78, 5) is 12.3. The molecule has 162 valence electrons. The average molecular weight is 530 g/mol. The third kappa shape index (κ3) is 6.62. The highest BCUT2D eigenvalue weighted by atomic mass is 127. The number of amides is 1. The minimum absolute atomic E-state index is 0.0921. The Bertz CT molecular complexity index is 1040. The molecule has 0 spiro atoms. The number of para-hydroxylation sites is 1. The molecule has 5 nitrogen and oxygen atoms in total. The van der Waals surface area contributed by atoms with Crippen molar-refractivity contribution in [2.24, 2.45) is 0 Å². The van der Waals surface area contributed by atoms with Crippen LogP contribution in [0.3, 0.4) is 0 Å². The van der Waals surface area contributed by atoms with Gasteiger partial charge in [0.1, 0.15) is 0 Å². The molecule has 0 atom stereocenters. The first kappa shape index (κ1) is 22.9. The van der Waals surface area contributed by atoms with Crippen LogP contribution < -0.4 is 20.1 Å². The van der Waals surface area contributed by atoms with E-state index >= 15 is 0 Å². The monoisotopic (exact) mass is 530 g/mol. The summed E-state index contributed by atoms with van der Waals surface area (Å²) >= 11 is 2.22. The quantitative estimate of drug-likeness (QED) is 0.337. The zero-order valence-electron chi connectivity index (χ0n) is 18.0. The molecule has 0 aliphatic carbocycles. The van der Waals surface area contributed by atoms with Gasteiger partial charge in [0.15, 0.2) is 18.1 Å². The van der Waals surface area contributed by atoms with Crippen LogP contribution in [0.1, 0.15) is 23.6 Å². The van der Waals surface area contributed by atoms with Gasteiger partial charge in [0.25, 0.3) is 5.91 Å². The van der Waals surface area contributed by atoms with Gasteiger partial charge in [-0.15, -0.1) is 0 Å². The lowest BCUT2D eigenvalue weighted by atomic mass is 10.1. The first-order chi connectivity index (χ1) is 15.0. The van der Waals surface area contributed by atoms with E-state index < -0.39 is 0 Å². The van der Waals surface area contributed by atoms with Crippen molar-refractivity contribution in [2.45, 2.75) is 27.3 Å². The van der Waals surface area contributed by atoms with Gasteiger partial charge in [0.05, 0.1) is 10.2 Å². The number of carbonyl (C=O) groups excluding carboxylic acids is 1. The summed E-state index contributed by atoms with van der Waals surface area (Å²) in [6.07, 6.45) is 0. The molecule has 0 aromatic heterocycles. The van der Waals surface area contributed by atoms with E-state index in [4.69, 9.17) is 9.47 Å². The van der Waals surface area contributed by atoms with Crippen molar-refractivity contribution < 1.29 is 14.3 Å². The first-order valence-corrected chi connectivity index (χ1v) is 11.3. The number of halogens is 1. The zero-order valence-corrected chi connectivity index (χ0v) is 20.2. The predicted octanol–water partition coefficient (Wildman–Crippen LogP) is 5.94. The van der Waals surface area contributed by atoms with Gasteiger partial charge in [-0.1, -0.05) is 24.3 Å². The smallest absolute Gasteiger partial charge is 0.262 e. The minimum Gasteiger partial charge on any atom is -0.490 e. The third-order valence-electron chi connectivity index (χ3n) is 4.78. The molecule has 1 amide bonds. The summed E-state index contributed by atoms with van der Waals surface area (Å²) in [5.41, 5.74) is 5.42. The highest BCUT2D eigenvalue weighted by Gasteiger charge is 2.14. The number of benzene rings is 3. The van der Waals surface area contributed by atoms with Crippen LogP contribution in [0.2, 0.25) is 0 Å². The molecule has 0 heterocycles. The number of rotatable bonds is 9. The van der Waals surface area contributed by atoms with Crippen LogP contribution in [0.25, 0.3) is 0 Å². The van der Waals surface area contributed by atoms with Gasteiger partial charge in [-0.3, -0.25) is 4.79 Å². The molecule has 0 fully saturated rings. The molecular weight excluding hydrogens is 503 g/mol. The van der Waals surface area contributed by atoms with Gasteiger partial charge < -0.3 is 20.1 Å². The van der Waals surface area contributed by atoms with Gasteiger partial charge in [-0.05, 0) is 96.5 Å². The highest BCUT2D eigenvalue weighted by molar-refractivity contribution is 14.1. The van der Waals surface area contributed by atoms with Crippen LogP contribution in [-0.2, 0) is 11.3 Å². The molecule has 0 aliphatic rings. The van der Waals surface area contributed by atoms with Gasteiger partial charge in [0.2, 0.25) is 0 Å². The van der Waals surface area contributed by atoms with Crippen molar-refractivity contribution in [2.75, 3.05) is 23.8 Å². The molecule has 0 aliphatic heterocycles. The summed E-state index contributed by atoms with van der Waals surface area (Å²) in [7, 11) is 0. The Hall–Kier alpha value is -2.74. The van der Waals surface area contributed by atoms with Crippen LogP contribution in [0.15, 0.2) is 60.7 Å². The van der Waals surface area contributed by atoms with Gasteiger partial charge in [-0.2, -0.15) is 0 Å². The number of nitrogens with one attached hydrogen (secondary N) is 2. The van der Waals surface area contributed by atoms with E-state index in [1.807, 2.05) is 49.4 Å². The van der Waals surface area contributed by atoms with Gasteiger partial charge in [-0.25, -0.2) is 0 Å². The largest absolute Gasteiger partial charge is 0.490 e. The van der Waals surface area contributed by atoms with E-state index in [1.165, 1.54) is 11.1 Å². The Labute approximate surface area is 197 Å². The molecule has 6 heteroatoms. The van der Waals surface area contributed by atoms with E-state index in [-0.39, 0.29) is 12.5 Å². The van der Waals surface area contributed by atoms with E-state index in [9.17, 15) is 4.79 Å². The molecule has 0 radical (unpaired) electrons. The van der Waals surface area contributed by atoms with Crippen molar-refractivity contribution in [3.05, 3.63) is 80.9 Å². The maximum Gasteiger partial charge on any atom is 0.262 e. The molecule has 0 saturated heterocycles. The summed E-state index contributed by atoms with van der Waals surface area (Å²) in [6, 6.07) is 19.7. The molecule has 0 unspecified atom stereocenters. The molecule has 0 bridgehead atoms. The molecule has 3 aromatic rings. The van der Waals surface area contributed by atoms with Crippen LogP contribution >= 0.6 is 22.6 Å². The molecule has 31 heavy (non-hydrogen) atoms. The fraction of sp³-hybridized carbons (Fsp3) is 0.240. The predicted molar refractivity (Wildman–Crippen MR) is 134 cm³/mol. The normalized spacial score (nSPS) is 10.5. The zero-order chi connectivity index (χ0) is 22.2. The van der Waals surface area contributed by atoms with Gasteiger partial charge in [0, 0.05) is 17.9 Å². The summed E-state index contributed by atoms with van der Waals surface area (Å²) in [5, 5.41) is 6.28. The number of aryl methyl sites for hydroxylation is 2. The van der Waals surface area contributed by atoms with Crippen LogP contribution in [0.5, 0.6) is 11.5 Å². The molecular formula is C25H27IN2O3. The highest BCUT2D eigenvalue weighted by Crippen LogP contribution is 2.34. The fourth-order valence-corrected chi connectivity index (χ4v) is 3.86. The van der Waals surface area contributed by atoms with E-state index in [0.29, 0.717) is 24.7 Å².